The Labute approximate surface area is 188 Å². The van der Waals surface area contributed by atoms with Crippen molar-refractivity contribution in [1.29, 1.82) is 0 Å². The SMILES string of the molecule is CCNCC(=O)N(C)c1ccc(NC(C)C=C2C(=O)Nc3cc(OC)c(OC)cc32)cc1. The van der Waals surface area contributed by atoms with Gasteiger partial charge in [0.1, 0.15) is 0 Å². The van der Waals surface area contributed by atoms with Gasteiger partial charge in [0.15, 0.2) is 11.5 Å². The van der Waals surface area contributed by atoms with Gasteiger partial charge in [0.2, 0.25) is 5.91 Å². The zero-order valence-corrected chi connectivity index (χ0v) is 19.1. The Morgan fingerprint density at radius 1 is 1.16 bits per heavy atom. The largest absolute Gasteiger partial charge is 0.493 e. The molecule has 1 unspecified atom stereocenters. The molecule has 0 fully saturated rings. The molecular formula is C24H30N4O4. The van der Waals surface area contributed by atoms with E-state index < -0.39 is 0 Å². The average Bonchev–Trinajstić information content (AvgIpc) is 3.10. The molecular weight excluding hydrogens is 408 g/mol. The summed E-state index contributed by atoms with van der Waals surface area (Å²) in [6.45, 7) is 4.99. The van der Waals surface area contributed by atoms with Crippen LogP contribution in [0.3, 0.4) is 0 Å². The van der Waals surface area contributed by atoms with Crippen LogP contribution in [-0.4, -0.2) is 52.2 Å². The molecule has 1 heterocycles. The lowest BCUT2D eigenvalue weighted by Gasteiger charge is -2.19. The van der Waals surface area contributed by atoms with Crippen molar-refractivity contribution in [3.63, 3.8) is 0 Å². The third-order valence-corrected chi connectivity index (χ3v) is 5.27. The van der Waals surface area contributed by atoms with E-state index in [4.69, 9.17) is 9.47 Å². The van der Waals surface area contributed by atoms with Crippen LogP contribution in [0.25, 0.3) is 5.57 Å². The van der Waals surface area contributed by atoms with Gasteiger partial charge in [0, 0.05) is 41.7 Å². The first-order valence-corrected chi connectivity index (χ1v) is 10.5. The number of hydrogen-bond donors (Lipinski definition) is 3. The molecule has 0 saturated carbocycles. The predicted octanol–water partition coefficient (Wildman–Crippen LogP) is 3.11. The van der Waals surface area contributed by atoms with E-state index in [1.165, 1.54) is 0 Å². The van der Waals surface area contributed by atoms with Gasteiger partial charge in [0.05, 0.1) is 26.5 Å². The highest BCUT2D eigenvalue weighted by molar-refractivity contribution is 6.31. The molecule has 8 nitrogen and oxygen atoms in total. The molecule has 0 bridgehead atoms. The number of carbonyl (C=O) groups excluding carboxylic acids is 2. The number of ether oxygens (including phenoxy) is 2. The van der Waals surface area contributed by atoms with Gasteiger partial charge in [-0.05, 0) is 49.9 Å². The number of nitrogens with zero attached hydrogens (tertiary/aromatic N) is 1. The van der Waals surface area contributed by atoms with Crippen molar-refractivity contribution in [3.05, 3.63) is 48.0 Å². The first-order chi connectivity index (χ1) is 15.4. The molecule has 1 atom stereocenters. The summed E-state index contributed by atoms with van der Waals surface area (Å²) in [5.41, 5.74) is 3.75. The second-order valence-corrected chi connectivity index (χ2v) is 7.50. The van der Waals surface area contributed by atoms with E-state index in [1.54, 1.807) is 38.3 Å². The van der Waals surface area contributed by atoms with Crippen LogP contribution in [0.2, 0.25) is 0 Å². The van der Waals surface area contributed by atoms with E-state index in [0.717, 1.165) is 23.5 Å². The topological polar surface area (TPSA) is 91.9 Å². The van der Waals surface area contributed by atoms with Crippen LogP contribution in [0.5, 0.6) is 11.5 Å². The number of carbonyl (C=O) groups is 2. The highest BCUT2D eigenvalue weighted by Gasteiger charge is 2.27. The number of benzene rings is 2. The molecule has 1 aliphatic rings. The number of anilines is 3. The van der Waals surface area contributed by atoms with E-state index in [2.05, 4.69) is 16.0 Å². The third-order valence-electron chi connectivity index (χ3n) is 5.27. The van der Waals surface area contributed by atoms with Crippen molar-refractivity contribution in [2.75, 3.05) is 49.9 Å². The van der Waals surface area contributed by atoms with E-state index in [1.807, 2.05) is 44.2 Å². The summed E-state index contributed by atoms with van der Waals surface area (Å²) in [7, 11) is 4.89. The molecule has 2 aromatic rings. The number of rotatable bonds is 9. The van der Waals surface area contributed by atoms with Gasteiger partial charge in [-0.3, -0.25) is 9.59 Å². The van der Waals surface area contributed by atoms with Gasteiger partial charge < -0.3 is 30.3 Å². The van der Waals surface area contributed by atoms with Gasteiger partial charge in [-0.25, -0.2) is 0 Å². The standard InChI is InChI=1S/C24H30N4O4/c1-6-25-14-23(29)28(3)17-9-7-16(8-10-17)26-15(2)11-19-18-12-21(31-4)22(32-5)13-20(18)27-24(19)30/h7-13,15,25-26H,6,14H2,1-5H3,(H,27,30). The van der Waals surface area contributed by atoms with Gasteiger partial charge in [0.25, 0.3) is 5.91 Å². The van der Waals surface area contributed by atoms with Crippen molar-refractivity contribution in [2.45, 2.75) is 19.9 Å². The lowest BCUT2D eigenvalue weighted by molar-refractivity contribution is -0.117. The summed E-state index contributed by atoms with van der Waals surface area (Å²) in [5, 5.41) is 9.28. The van der Waals surface area contributed by atoms with E-state index in [9.17, 15) is 9.59 Å². The van der Waals surface area contributed by atoms with Crippen LogP contribution in [0.15, 0.2) is 42.5 Å². The Morgan fingerprint density at radius 3 is 2.44 bits per heavy atom. The van der Waals surface area contributed by atoms with E-state index in [0.29, 0.717) is 29.3 Å². The van der Waals surface area contributed by atoms with Crippen LogP contribution in [-0.2, 0) is 9.59 Å². The summed E-state index contributed by atoms with van der Waals surface area (Å²) in [6, 6.07) is 11.1. The summed E-state index contributed by atoms with van der Waals surface area (Å²) in [4.78, 5) is 26.3. The zero-order chi connectivity index (χ0) is 23.3. The van der Waals surface area contributed by atoms with Crippen LogP contribution < -0.4 is 30.3 Å². The van der Waals surface area contributed by atoms with E-state index in [-0.39, 0.29) is 17.9 Å². The first-order valence-electron chi connectivity index (χ1n) is 10.5. The monoisotopic (exact) mass is 438 g/mol. The summed E-state index contributed by atoms with van der Waals surface area (Å²) < 4.78 is 10.7. The zero-order valence-electron chi connectivity index (χ0n) is 19.1. The molecule has 8 heteroatoms. The van der Waals surface area contributed by atoms with Crippen molar-refractivity contribution in [1.82, 2.24) is 5.32 Å². The Morgan fingerprint density at radius 2 is 1.81 bits per heavy atom. The second kappa shape index (κ2) is 10.2. The molecule has 32 heavy (non-hydrogen) atoms. The summed E-state index contributed by atoms with van der Waals surface area (Å²) in [5.74, 6) is 0.967. The minimum atomic E-state index is -0.167. The normalized spacial score (nSPS) is 14.5. The third kappa shape index (κ3) is 5.03. The highest BCUT2D eigenvalue weighted by atomic mass is 16.5. The minimum absolute atomic E-state index is 0.00336. The Hall–Kier alpha value is -3.52. The Balaban J connectivity index is 1.73. The molecule has 2 amide bonds. The lowest BCUT2D eigenvalue weighted by atomic mass is 10.0. The van der Waals surface area contributed by atoms with Crippen LogP contribution in [0, 0.1) is 0 Å². The number of likely N-dealkylation sites (N-methyl/N-ethyl adjacent to an activating group) is 2. The fourth-order valence-corrected chi connectivity index (χ4v) is 3.51. The van der Waals surface area contributed by atoms with Gasteiger partial charge in [-0.15, -0.1) is 0 Å². The van der Waals surface area contributed by atoms with Crippen LogP contribution in [0.4, 0.5) is 17.1 Å². The molecule has 170 valence electrons. The van der Waals surface area contributed by atoms with Crippen molar-refractivity contribution >= 4 is 34.4 Å². The van der Waals surface area contributed by atoms with E-state index >= 15 is 0 Å². The maximum absolute atomic E-state index is 12.5. The van der Waals surface area contributed by atoms with Crippen LogP contribution in [0.1, 0.15) is 19.4 Å². The molecule has 2 aromatic carbocycles. The van der Waals surface area contributed by atoms with Crippen LogP contribution >= 0.6 is 0 Å². The molecule has 1 aliphatic heterocycles. The fourth-order valence-electron chi connectivity index (χ4n) is 3.51. The minimum Gasteiger partial charge on any atom is -0.493 e. The number of methoxy groups -OCH3 is 2. The number of nitrogens with one attached hydrogen (secondary N) is 3. The maximum Gasteiger partial charge on any atom is 0.256 e. The average molecular weight is 439 g/mol. The van der Waals surface area contributed by atoms with Crippen molar-refractivity contribution < 1.29 is 19.1 Å². The van der Waals surface area contributed by atoms with Crippen molar-refractivity contribution in [2.24, 2.45) is 0 Å². The number of amides is 2. The lowest BCUT2D eigenvalue weighted by Crippen LogP contribution is -2.35. The summed E-state index contributed by atoms with van der Waals surface area (Å²) >= 11 is 0. The Bertz CT molecular complexity index is 1020. The molecule has 0 spiro atoms. The molecule has 0 aliphatic carbocycles. The summed E-state index contributed by atoms with van der Waals surface area (Å²) in [6.07, 6.45) is 1.88. The maximum atomic E-state index is 12.5. The quantitative estimate of drug-likeness (QED) is 0.521. The highest BCUT2D eigenvalue weighted by Crippen LogP contribution is 2.40. The molecule has 0 saturated heterocycles. The first kappa shape index (κ1) is 23.1. The smallest absolute Gasteiger partial charge is 0.256 e. The fraction of sp³-hybridized carbons (Fsp3) is 0.333. The van der Waals surface area contributed by atoms with Gasteiger partial charge in [-0.2, -0.15) is 0 Å². The van der Waals surface area contributed by atoms with Gasteiger partial charge in [-0.1, -0.05) is 6.92 Å². The second-order valence-electron chi connectivity index (χ2n) is 7.50. The number of fused-ring (bicyclic) bond motifs is 1. The van der Waals surface area contributed by atoms with Gasteiger partial charge >= 0.3 is 0 Å². The Kier molecular flexibility index (Phi) is 7.37. The molecule has 0 aromatic heterocycles. The van der Waals surface area contributed by atoms with Crippen molar-refractivity contribution in [3.8, 4) is 11.5 Å². The molecule has 0 radical (unpaired) electrons. The molecule has 3 N–H and O–H groups in total. The number of hydrogen-bond acceptors (Lipinski definition) is 6. The molecule has 3 rings (SSSR count). The predicted molar refractivity (Wildman–Crippen MR) is 128 cm³/mol.